The van der Waals surface area contributed by atoms with Gasteiger partial charge in [-0.1, -0.05) is 23.9 Å². The summed E-state index contributed by atoms with van der Waals surface area (Å²) in [6, 6.07) is 6.54. The minimum absolute atomic E-state index is 0.202. The van der Waals surface area contributed by atoms with Crippen LogP contribution in [0.2, 0.25) is 0 Å². The molecule has 0 aliphatic heterocycles. The number of hydrogen-bond acceptors (Lipinski definition) is 3. The minimum atomic E-state index is -0.202. The topological polar surface area (TPSA) is 30.7 Å². The van der Waals surface area contributed by atoms with E-state index in [1.165, 1.54) is 12.1 Å². The van der Waals surface area contributed by atoms with E-state index in [-0.39, 0.29) is 5.82 Å². The van der Waals surface area contributed by atoms with Gasteiger partial charge in [0, 0.05) is 12.3 Å². The average Bonchev–Trinajstić information content (AvgIpc) is 2.69. The van der Waals surface area contributed by atoms with E-state index >= 15 is 0 Å². The van der Waals surface area contributed by atoms with Crippen LogP contribution in [0, 0.1) is 12.7 Å². The molecule has 5 heteroatoms. The van der Waals surface area contributed by atoms with Crippen LogP contribution in [0.4, 0.5) is 4.39 Å². The molecule has 17 heavy (non-hydrogen) atoms. The molecule has 0 atom stereocenters. The molecule has 1 aromatic heterocycles. The molecule has 0 radical (unpaired) electrons. The van der Waals surface area contributed by atoms with Crippen LogP contribution in [0.1, 0.15) is 18.3 Å². The molecule has 0 bridgehead atoms. The van der Waals surface area contributed by atoms with E-state index in [1.807, 2.05) is 6.92 Å². The molecule has 3 nitrogen and oxygen atoms in total. The summed E-state index contributed by atoms with van der Waals surface area (Å²) in [6.45, 7) is 4.88. The zero-order chi connectivity index (χ0) is 12.3. The molecule has 0 amide bonds. The molecule has 0 fully saturated rings. The van der Waals surface area contributed by atoms with Crippen molar-refractivity contribution in [3.05, 3.63) is 41.5 Å². The molecule has 0 unspecified atom stereocenters. The Labute approximate surface area is 104 Å². The molecule has 1 aromatic carbocycles. The quantitative estimate of drug-likeness (QED) is 0.782. The van der Waals surface area contributed by atoms with Gasteiger partial charge in [-0.2, -0.15) is 0 Å². The third kappa shape index (κ3) is 2.85. The number of benzene rings is 1. The lowest BCUT2D eigenvalue weighted by atomic mass is 10.2. The molecule has 0 aliphatic carbocycles. The van der Waals surface area contributed by atoms with E-state index in [9.17, 15) is 4.39 Å². The van der Waals surface area contributed by atoms with Crippen LogP contribution in [0.15, 0.2) is 29.4 Å². The smallest absolute Gasteiger partial charge is 0.191 e. The number of hydrogen-bond donors (Lipinski definition) is 0. The summed E-state index contributed by atoms with van der Waals surface area (Å²) >= 11 is 1.62. The van der Waals surface area contributed by atoms with Crippen molar-refractivity contribution in [3.8, 4) is 0 Å². The first kappa shape index (κ1) is 12.1. The van der Waals surface area contributed by atoms with Crippen molar-refractivity contribution in [2.45, 2.75) is 31.3 Å². The summed E-state index contributed by atoms with van der Waals surface area (Å²) in [4.78, 5) is 0. The molecular formula is C12H14FN3S. The van der Waals surface area contributed by atoms with Gasteiger partial charge in [0.2, 0.25) is 0 Å². The van der Waals surface area contributed by atoms with E-state index in [4.69, 9.17) is 0 Å². The molecule has 2 rings (SSSR count). The Hall–Kier alpha value is -1.36. The molecule has 0 N–H and O–H groups in total. The van der Waals surface area contributed by atoms with Gasteiger partial charge in [0.05, 0.1) is 0 Å². The van der Waals surface area contributed by atoms with Gasteiger partial charge in [0.15, 0.2) is 5.16 Å². The van der Waals surface area contributed by atoms with Gasteiger partial charge >= 0.3 is 0 Å². The first-order chi connectivity index (χ1) is 8.20. The number of thioether (sulfide) groups is 1. The minimum Gasteiger partial charge on any atom is -0.307 e. The van der Waals surface area contributed by atoms with Crippen LogP contribution in [0.3, 0.4) is 0 Å². The predicted octanol–water partition coefficient (Wildman–Crippen LogP) is 3.04. The third-order valence-electron chi connectivity index (χ3n) is 2.50. The summed E-state index contributed by atoms with van der Waals surface area (Å²) in [5.41, 5.74) is 1.08. The molecule has 90 valence electrons. The van der Waals surface area contributed by atoms with E-state index in [0.717, 1.165) is 28.8 Å². The molecule has 0 aliphatic rings. The maximum atomic E-state index is 12.7. The van der Waals surface area contributed by atoms with Gasteiger partial charge in [-0.25, -0.2) is 4.39 Å². The van der Waals surface area contributed by atoms with Crippen LogP contribution < -0.4 is 0 Å². The first-order valence-corrected chi connectivity index (χ1v) is 6.46. The van der Waals surface area contributed by atoms with E-state index in [2.05, 4.69) is 21.7 Å². The van der Waals surface area contributed by atoms with Gasteiger partial charge in [0.1, 0.15) is 11.6 Å². The standard InChI is InChI=1S/C12H14FN3S/c1-3-16-9(2)14-15-12(16)17-8-10-4-6-11(13)7-5-10/h4-7H,3,8H2,1-2H3. The lowest BCUT2D eigenvalue weighted by Gasteiger charge is -2.04. The maximum absolute atomic E-state index is 12.7. The highest BCUT2D eigenvalue weighted by Gasteiger charge is 2.07. The summed E-state index contributed by atoms with van der Waals surface area (Å²) in [7, 11) is 0. The fraction of sp³-hybridized carbons (Fsp3) is 0.333. The zero-order valence-corrected chi connectivity index (χ0v) is 10.7. The SMILES string of the molecule is CCn1c(C)nnc1SCc1ccc(F)cc1. The molecule has 0 saturated carbocycles. The highest BCUT2D eigenvalue weighted by Crippen LogP contribution is 2.21. The average molecular weight is 251 g/mol. The van der Waals surface area contributed by atoms with Crippen molar-refractivity contribution in [2.75, 3.05) is 0 Å². The molecule has 0 saturated heterocycles. The van der Waals surface area contributed by atoms with Crippen LogP contribution in [0.5, 0.6) is 0 Å². The number of rotatable bonds is 4. The monoisotopic (exact) mass is 251 g/mol. The molecular weight excluding hydrogens is 237 g/mol. The Morgan fingerprint density at radius 3 is 2.59 bits per heavy atom. The summed E-state index contributed by atoms with van der Waals surface area (Å²) in [6.07, 6.45) is 0. The zero-order valence-electron chi connectivity index (χ0n) is 9.85. The van der Waals surface area contributed by atoms with Crippen molar-refractivity contribution < 1.29 is 4.39 Å². The molecule has 0 spiro atoms. The van der Waals surface area contributed by atoms with Crippen LogP contribution >= 0.6 is 11.8 Å². The van der Waals surface area contributed by atoms with Gasteiger partial charge in [-0.3, -0.25) is 0 Å². The van der Waals surface area contributed by atoms with Crippen molar-refractivity contribution in [1.29, 1.82) is 0 Å². The first-order valence-electron chi connectivity index (χ1n) is 5.47. The number of halogens is 1. The number of aromatic nitrogens is 3. The van der Waals surface area contributed by atoms with Crippen molar-refractivity contribution in [1.82, 2.24) is 14.8 Å². The lowest BCUT2D eigenvalue weighted by molar-refractivity contribution is 0.627. The van der Waals surface area contributed by atoms with Gasteiger partial charge < -0.3 is 4.57 Å². The second-order valence-electron chi connectivity index (χ2n) is 3.69. The van der Waals surface area contributed by atoms with Crippen LogP contribution in [-0.4, -0.2) is 14.8 Å². The Kier molecular flexibility index (Phi) is 3.78. The lowest BCUT2D eigenvalue weighted by Crippen LogP contribution is -1.99. The number of nitrogens with zero attached hydrogens (tertiary/aromatic N) is 3. The maximum Gasteiger partial charge on any atom is 0.191 e. The van der Waals surface area contributed by atoms with Crippen molar-refractivity contribution in [3.63, 3.8) is 0 Å². The molecule has 2 aromatic rings. The summed E-state index contributed by atoms with van der Waals surface area (Å²) in [5.74, 6) is 1.50. The fourth-order valence-corrected chi connectivity index (χ4v) is 2.56. The Bertz CT molecular complexity index is 493. The van der Waals surface area contributed by atoms with Gasteiger partial charge in [0.25, 0.3) is 0 Å². The van der Waals surface area contributed by atoms with Gasteiger partial charge in [-0.05, 0) is 31.5 Å². The summed E-state index contributed by atoms with van der Waals surface area (Å²) < 4.78 is 14.8. The Morgan fingerprint density at radius 1 is 1.24 bits per heavy atom. The summed E-state index contributed by atoms with van der Waals surface area (Å²) in [5, 5.41) is 9.08. The normalized spacial score (nSPS) is 10.8. The fourth-order valence-electron chi connectivity index (χ4n) is 1.56. The highest BCUT2D eigenvalue weighted by molar-refractivity contribution is 7.98. The second-order valence-corrected chi connectivity index (χ2v) is 4.63. The third-order valence-corrected chi connectivity index (χ3v) is 3.54. The van der Waals surface area contributed by atoms with Crippen LogP contribution in [0.25, 0.3) is 0 Å². The van der Waals surface area contributed by atoms with Crippen molar-refractivity contribution in [2.24, 2.45) is 0 Å². The van der Waals surface area contributed by atoms with E-state index in [0.29, 0.717) is 0 Å². The second kappa shape index (κ2) is 5.31. The Morgan fingerprint density at radius 2 is 1.94 bits per heavy atom. The van der Waals surface area contributed by atoms with E-state index in [1.54, 1.807) is 23.9 Å². The van der Waals surface area contributed by atoms with Crippen molar-refractivity contribution >= 4 is 11.8 Å². The van der Waals surface area contributed by atoms with Crippen LogP contribution in [-0.2, 0) is 12.3 Å². The largest absolute Gasteiger partial charge is 0.307 e. The highest BCUT2D eigenvalue weighted by atomic mass is 32.2. The molecule has 1 heterocycles. The Balaban J connectivity index is 2.04. The van der Waals surface area contributed by atoms with Gasteiger partial charge in [-0.15, -0.1) is 10.2 Å². The van der Waals surface area contributed by atoms with E-state index < -0.39 is 0 Å². The predicted molar refractivity (Wildman–Crippen MR) is 66.4 cm³/mol. The number of aryl methyl sites for hydroxylation is 1.